The number of esters is 1. The summed E-state index contributed by atoms with van der Waals surface area (Å²) in [7, 11) is 1.75. The molecule has 0 saturated heterocycles. The van der Waals surface area contributed by atoms with Crippen LogP contribution in [0.4, 0.5) is 10.5 Å². The van der Waals surface area contributed by atoms with E-state index in [1.165, 1.54) is 25.3 Å². The molecule has 0 bridgehead atoms. The van der Waals surface area contributed by atoms with Crippen LogP contribution in [0.2, 0.25) is 0 Å². The number of anilines is 1. The molecule has 0 aromatic heterocycles. The molecule has 2 aromatic carbocycles. The summed E-state index contributed by atoms with van der Waals surface area (Å²) in [6.07, 6.45) is 12.1. The first-order valence-corrected chi connectivity index (χ1v) is 13.3. The molecule has 0 heterocycles. The lowest BCUT2D eigenvalue weighted by Crippen LogP contribution is -2.44. The summed E-state index contributed by atoms with van der Waals surface area (Å²) in [5.74, 6) is -2.74. The lowest BCUT2D eigenvalue weighted by atomic mass is 9.69. The minimum Gasteiger partial charge on any atom is -0.480 e. The van der Waals surface area contributed by atoms with Gasteiger partial charge in [-0.1, -0.05) is 93.3 Å². The molecule has 1 aliphatic rings. The van der Waals surface area contributed by atoms with Crippen LogP contribution in [-0.4, -0.2) is 43.3 Å². The summed E-state index contributed by atoms with van der Waals surface area (Å²) in [5, 5.41) is 13.0. The van der Waals surface area contributed by atoms with E-state index >= 15 is 0 Å². The fourth-order valence-corrected chi connectivity index (χ4v) is 4.69. The van der Waals surface area contributed by atoms with Crippen molar-refractivity contribution in [1.82, 2.24) is 5.32 Å². The Kier molecular flexibility index (Phi) is 10.3. The standard InChI is InChI=1S/C31H38N2O5/c1-4-6-7-8-11-21-32-30(37)33(3)26-14-12-13-25(22-26)23-16-18-24(19-17-23)27-15-9-10-20-31(27,28(34)35)29(36)38-5-2/h9-10,12-20,22,27H,4-8,11,21H2,1-3H3,(H,32,37)(H,34,35). The van der Waals surface area contributed by atoms with Crippen LogP contribution in [0.25, 0.3) is 11.1 Å². The van der Waals surface area contributed by atoms with E-state index in [-0.39, 0.29) is 12.6 Å². The highest BCUT2D eigenvalue weighted by Gasteiger charge is 2.52. The van der Waals surface area contributed by atoms with Crippen molar-refractivity contribution in [2.75, 3.05) is 25.1 Å². The van der Waals surface area contributed by atoms with E-state index in [4.69, 9.17) is 4.74 Å². The summed E-state index contributed by atoms with van der Waals surface area (Å²) >= 11 is 0. The molecule has 2 N–H and O–H groups in total. The molecule has 0 saturated carbocycles. The van der Waals surface area contributed by atoms with Crippen molar-refractivity contribution in [3.63, 3.8) is 0 Å². The van der Waals surface area contributed by atoms with Crippen molar-refractivity contribution >= 4 is 23.7 Å². The van der Waals surface area contributed by atoms with E-state index < -0.39 is 23.3 Å². The number of hydrogen-bond donors (Lipinski definition) is 2. The van der Waals surface area contributed by atoms with E-state index in [0.717, 1.165) is 29.7 Å². The predicted molar refractivity (Wildman–Crippen MR) is 150 cm³/mol. The van der Waals surface area contributed by atoms with Gasteiger partial charge in [-0.15, -0.1) is 0 Å². The zero-order valence-corrected chi connectivity index (χ0v) is 22.5. The highest BCUT2D eigenvalue weighted by atomic mass is 16.5. The summed E-state index contributed by atoms with van der Waals surface area (Å²) in [4.78, 5) is 39.3. The molecule has 38 heavy (non-hydrogen) atoms. The zero-order chi connectivity index (χ0) is 27.5. The number of carboxylic acid groups (broad SMARTS) is 1. The van der Waals surface area contributed by atoms with Crippen molar-refractivity contribution in [1.29, 1.82) is 0 Å². The maximum Gasteiger partial charge on any atom is 0.328 e. The molecule has 2 amide bonds. The number of carbonyl (C=O) groups excluding carboxylic acids is 2. The van der Waals surface area contributed by atoms with Gasteiger partial charge in [-0.25, -0.2) is 4.79 Å². The normalized spacial score (nSPS) is 18.1. The van der Waals surface area contributed by atoms with Crippen LogP contribution < -0.4 is 10.2 Å². The fraction of sp³-hybridized carbons (Fsp3) is 0.387. The van der Waals surface area contributed by atoms with Crippen molar-refractivity contribution < 1.29 is 24.2 Å². The van der Waals surface area contributed by atoms with E-state index in [1.54, 1.807) is 37.1 Å². The second-order valence-electron chi connectivity index (χ2n) is 9.49. The topological polar surface area (TPSA) is 95.9 Å². The molecule has 1 aliphatic carbocycles. The first kappa shape index (κ1) is 28.7. The number of hydrogen-bond acceptors (Lipinski definition) is 4. The van der Waals surface area contributed by atoms with Gasteiger partial charge in [-0.3, -0.25) is 14.5 Å². The van der Waals surface area contributed by atoms with E-state index in [9.17, 15) is 19.5 Å². The van der Waals surface area contributed by atoms with Crippen molar-refractivity contribution in [3.05, 3.63) is 78.4 Å². The van der Waals surface area contributed by atoms with Crippen molar-refractivity contribution in [2.45, 2.75) is 51.9 Å². The number of carboxylic acids is 1. The lowest BCUT2D eigenvalue weighted by Gasteiger charge is -2.32. The molecule has 0 fully saturated rings. The predicted octanol–water partition coefficient (Wildman–Crippen LogP) is 6.31. The highest BCUT2D eigenvalue weighted by molar-refractivity contribution is 6.03. The number of ether oxygens (including phenoxy) is 1. The summed E-state index contributed by atoms with van der Waals surface area (Å²) in [5.41, 5.74) is 1.46. The minimum absolute atomic E-state index is 0.0961. The van der Waals surface area contributed by atoms with Crippen LogP contribution in [0.1, 0.15) is 57.4 Å². The summed E-state index contributed by atoms with van der Waals surface area (Å²) in [6, 6.07) is 15.0. The molecule has 3 rings (SSSR count). The SMILES string of the molecule is CCCCCCCNC(=O)N(C)c1cccc(-c2ccc(C3C=CC=CC3(C(=O)O)C(=O)OCC)cc2)c1. The van der Waals surface area contributed by atoms with Gasteiger partial charge < -0.3 is 15.2 Å². The van der Waals surface area contributed by atoms with Gasteiger partial charge in [0.05, 0.1) is 6.61 Å². The summed E-state index contributed by atoms with van der Waals surface area (Å²) < 4.78 is 5.15. The maximum absolute atomic E-state index is 12.8. The molecule has 0 aliphatic heterocycles. The number of carbonyl (C=O) groups is 3. The van der Waals surface area contributed by atoms with Crippen molar-refractivity contribution in [3.8, 4) is 11.1 Å². The van der Waals surface area contributed by atoms with Crippen molar-refractivity contribution in [2.24, 2.45) is 5.41 Å². The van der Waals surface area contributed by atoms with E-state index in [1.807, 2.05) is 48.5 Å². The summed E-state index contributed by atoms with van der Waals surface area (Å²) in [6.45, 7) is 4.59. The number of urea groups is 1. The Balaban J connectivity index is 1.75. The Hall–Kier alpha value is -3.87. The van der Waals surface area contributed by atoms with Gasteiger partial charge in [0.15, 0.2) is 5.41 Å². The molecule has 2 aromatic rings. The van der Waals surface area contributed by atoms with Gasteiger partial charge in [0.2, 0.25) is 0 Å². The molecule has 7 heteroatoms. The van der Waals surface area contributed by atoms with Crippen LogP contribution in [0.3, 0.4) is 0 Å². The first-order chi connectivity index (χ1) is 18.3. The third-order valence-electron chi connectivity index (χ3n) is 6.93. The molecule has 2 atom stereocenters. The number of nitrogens with one attached hydrogen (secondary N) is 1. The van der Waals surface area contributed by atoms with Gasteiger partial charge in [0.25, 0.3) is 0 Å². The Morgan fingerprint density at radius 1 is 0.974 bits per heavy atom. The van der Waals surface area contributed by atoms with E-state index in [2.05, 4.69) is 12.2 Å². The third kappa shape index (κ3) is 6.52. The Labute approximate surface area is 225 Å². The molecular weight excluding hydrogens is 480 g/mol. The number of benzene rings is 2. The smallest absolute Gasteiger partial charge is 0.328 e. The average Bonchev–Trinajstić information content (AvgIpc) is 2.94. The number of unbranched alkanes of at least 4 members (excludes halogenated alkanes) is 4. The second kappa shape index (κ2) is 13.6. The van der Waals surface area contributed by atoms with Crippen LogP contribution in [0.5, 0.6) is 0 Å². The highest BCUT2D eigenvalue weighted by Crippen LogP contribution is 2.43. The van der Waals surface area contributed by atoms with Crippen LogP contribution >= 0.6 is 0 Å². The van der Waals surface area contributed by atoms with Gasteiger partial charge in [-0.05, 0) is 42.2 Å². The number of aliphatic carboxylic acids is 1. The number of amides is 2. The van der Waals surface area contributed by atoms with Gasteiger partial charge in [-0.2, -0.15) is 0 Å². The van der Waals surface area contributed by atoms with E-state index in [0.29, 0.717) is 12.1 Å². The fourth-order valence-electron chi connectivity index (χ4n) is 4.69. The van der Waals surface area contributed by atoms with Crippen LogP contribution in [0, 0.1) is 5.41 Å². The average molecular weight is 519 g/mol. The monoisotopic (exact) mass is 518 g/mol. The Morgan fingerprint density at radius 3 is 2.39 bits per heavy atom. The molecule has 7 nitrogen and oxygen atoms in total. The Bertz CT molecular complexity index is 1170. The van der Waals surface area contributed by atoms with Gasteiger partial charge in [0.1, 0.15) is 0 Å². The molecule has 2 unspecified atom stereocenters. The maximum atomic E-state index is 12.8. The van der Waals surface area contributed by atoms with Crippen LogP contribution in [0.15, 0.2) is 72.8 Å². The third-order valence-corrected chi connectivity index (χ3v) is 6.93. The minimum atomic E-state index is -1.82. The molecule has 202 valence electrons. The van der Waals surface area contributed by atoms with Gasteiger partial charge in [0, 0.05) is 25.2 Å². The quantitative estimate of drug-likeness (QED) is 0.195. The number of rotatable bonds is 12. The molecule has 0 radical (unpaired) electrons. The second-order valence-corrected chi connectivity index (χ2v) is 9.49. The largest absolute Gasteiger partial charge is 0.480 e. The molecular formula is C31H38N2O5. The molecule has 0 spiro atoms. The zero-order valence-electron chi connectivity index (χ0n) is 22.5. The number of allylic oxidation sites excluding steroid dienone is 3. The first-order valence-electron chi connectivity index (χ1n) is 13.3. The van der Waals surface area contributed by atoms with Crippen LogP contribution in [-0.2, 0) is 14.3 Å². The lowest BCUT2D eigenvalue weighted by molar-refractivity contribution is -0.165. The Morgan fingerprint density at radius 2 is 1.71 bits per heavy atom. The van der Waals surface area contributed by atoms with Gasteiger partial charge >= 0.3 is 18.0 Å². The number of nitrogens with zero attached hydrogens (tertiary/aromatic N) is 1.